The fraction of sp³-hybridized carbons (Fsp3) is 0.294. The Morgan fingerprint density at radius 3 is 2.57 bits per heavy atom. The van der Waals surface area contributed by atoms with Gasteiger partial charge in [-0.3, -0.25) is 9.59 Å². The van der Waals surface area contributed by atoms with Crippen LogP contribution in [0.5, 0.6) is 0 Å². The van der Waals surface area contributed by atoms with E-state index in [1.807, 2.05) is 0 Å². The van der Waals surface area contributed by atoms with E-state index in [2.05, 4.69) is 0 Å². The van der Waals surface area contributed by atoms with Gasteiger partial charge in [0.2, 0.25) is 5.78 Å². The van der Waals surface area contributed by atoms with Crippen LogP contribution in [-0.4, -0.2) is 22.9 Å². The fourth-order valence-corrected chi connectivity index (χ4v) is 3.04. The van der Waals surface area contributed by atoms with Crippen molar-refractivity contribution >= 4 is 35.0 Å². The van der Waals surface area contributed by atoms with E-state index in [4.69, 9.17) is 27.9 Å². The largest absolute Gasteiger partial charge is 0.465 e. The number of ether oxygens (including phenoxy) is 1. The summed E-state index contributed by atoms with van der Waals surface area (Å²) in [5.74, 6) is -1.15. The lowest BCUT2D eigenvalue weighted by Gasteiger charge is -2.13. The molecule has 2 rings (SSSR count). The smallest absolute Gasteiger partial charge is 0.314 e. The number of ketones is 1. The number of carbonyl (C=O) groups is 2. The van der Waals surface area contributed by atoms with Gasteiger partial charge in [-0.25, -0.2) is 0 Å². The highest BCUT2D eigenvalue weighted by Crippen LogP contribution is 2.30. The monoisotopic (exact) mass is 353 g/mol. The van der Waals surface area contributed by atoms with E-state index in [1.54, 1.807) is 55.8 Å². The second kappa shape index (κ2) is 7.20. The molecule has 0 aliphatic carbocycles. The van der Waals surface area contributed by atoms with E-state index >= 15 is 0 Å². The van der Waals surface area contributed by atoms with Crippen molar-refractivity contribution in [3.8, 4) is 0 Å². The number of nitrogens with zero attached hydrogens (tertiary/aromatic N) is 1. The average molecular weight is 354 g/mol. The van der Waals surface area contributed by atoms with Crippen LogP contribution in [0.15, 0.2) is 30.3 Å². The number of aromatic nitrogens is 1. The van der Waals surface area contributed by atoms with Gasteiger partial charge < -0.3 is 9.30 Å². The van der Waals surface area contributed by atoms with E-state index < -0.39 is 5.92 Å². The summed E-state index contributed by atoms with van der Waals surface area (Å²) in [6.07, 6.45) is 0. The molecule has 0 spiro atoms. The summed E-state index contributed by atoms with van der Waals surface area (Å²) < 4.78 is 6.66. The first kappa shape index (κ1) is 17.6. The lowest BCUT2D eigenvalue weighted by Crippen LogP contribution is -2.17. The molecule has 0 saturated heterocycles. The predicted octanol–water partition coefficient (Wildman–Crippen LogP) is 4.23. The first-order valence-electron chi connectivity index (χ1n) is 7.18. The van der Waals surface area contributed by atoms with E-state index in [9.17, 15) is 9.59 Å². The molecule has 1 heterocycles. The third kappa shape index (κ3) is 3.59. The lowest BCUT2D eigenvalue weighted by molar-refractivity contribution is -0.144. The first-order chi connectivity index (χ1) is 10.9. The highest BCUT2D eigenvalue weighted by atomic mass is 35.5. The van der Waals surface area contributed by atoms with Crippen LogP contribution in [0.1, 0.15) is 41.5 Å². The zero-order chi connectivity index (χ0) is 17.1. The third-order valence-electron chi connectivity index (χ3n) is 3.60. The van der Waals surface area contributed by atoms with Crippen molar-refractivity contribution in [3.05, 3.63) is 57.3 Å². The van der Waals surface area contributed by atoms with E-state index in [-0.39, 0.29) is 11.8 Å². The van der Waals surface area contributed by atoms with Crippen molar-refractivity contribution in [2.75, 3.05) is 6.61 Å². The van der Waals surface area contributed by atoms with Crippen molar-refractivity contribution in [2.24, 2.45) is 7.05 Å². The van der Waals surface area contributed by atoms with Crippen LogP contribution < -0.4 is 0 Å². The van der Waals surface area contributed by atoms with Crippen molar-refractivity contribution in [3.63, 3.8) is 0 Å². The Balaban J connectivity index is 2.41. The zero-order valence-corrected chi connectivity index (χ0v) is 14.6. The molecule has 1 aromatic carbocycles. The maximum atomic E-state index is 12.6. The summed E-state index contributed by atoms with van der Waals surface area (Å²) in [6, 6.07) is 8.26. The zero-order valence-electron chi connectivity index (χ0n) is 13.1. The van der Waals surface area contributed by atoms with Gasteiger partial charge in [0.15, 0.2) is 0 Å². The van der Waals surface area contributed by atoms with Crippen LogP contribution in [0.25, 0.3) is 0 Å². The predicted molar refractivity (Wildman–Crippen MR) is 90.4 cm³/mol. The Morgan fingerprint density at radius 1 is 1.26 bits per heavy atom. The van der Waals surface area contributed by atoms with Gasteiger partial charge in [0.05, 0.1) is 28.9 Å². The minimum atomic E-state index is -0.562. The van der Waals surface area contributed by atoms with Crippen LogP contribution >= 0.6 is 23.2 Å². The molecule has 2 aromatic rings. The van der Waals surface area contributed by atoms with Gasteiger partial charge in [-0.2, -0.15) is 0 Å². The molecule has 0 saturated carbocycles. The Morgan fingerprint density at radius 2 is 1.96 bits per heavy atom. The first-order valence-corrected chi connectivity index (χ1v) is 7.94. The number of esters is 1. The summed E-state index contributed by atoms with van der Waals surface area (Å²) >= 11 is 12.2. The Bertz CT molecular complexity index is 752. The summed E-state index contributed by atoms with van der Waals surface area (Å²) in [7, 11) is 1.70. The van der Waals surface area contributed by atoms with Crippen molar-refractivity contribution in [2.45, 2.75) is 19.8 Å². The Kier molecular flexibility index (Phi) is 5.50. The molecule has 0 amide bonds. The Labute approximate surface area is 145 Å². The standard InChI is InChI=1S/C17H17Cl2NO3/c1-4-23-17(22)10(2)15-13(19)9-14(20(15)3)16(21)11-6-5-7-12(18)8-11/h5-10H,4H2,1-3H3. The minimum Gasteiger partial charge on any atom is -0.465 e. The average Bonchev–Trinajstić information content (AvgIpc) is 2.81. The highest BCUT2D eigenvalue weighted by Gasteiger charge is 2.26. The van der Waals surface area contributed by atoms with Crippen LogP contribution in [0.2, 0.25) is 10.0 Å². The SMILES string of the molecule is CCOC(=O)C(C)c1c(Cl)cc(C(=O)c2cccc(Cl)c2)n1C. The summed E-state index contributed by atoms with van der Waals surface area (Å²) in [5, 5.41) is 0.842. The molecule has 23 heavy (non-hydrogen) atoms. The normalized spacial score (nSPS) is 12.0. The summed E-state index contributed by atoms with van der Waals surface area (Å²) in [4.78, 5) is 24.6. The quantitative estimate of drug-likeness (QED) is 0.596. The maximum Gasteiger partial charge on any atom is 0.314 e. The summed E-state index contributed by atoms with van der Waals surface area (Å²) in [6.45, 7) is 3.73. The van der Waals surface area contributed by atoms with Crippen LogP contribution in [0.3, 0.4) is 0 Å². The van der Waals surface area contributed by atoms with Gasteiger partial charge in [0.1, 0.15) is 0 Å². The van der Waals surface area contributed by atoms with Crippen LogP contribution in [0.4, 0.5) is 0 Å². The molecule has 6 heteroatoms. The van der Waals surface area contributed by atoms with Gasteiger partial charge in [0, 0.05) is 17.6 Å². The summed E-state index contributed by atoms with van der Waals surface area (Å²) in [5.41, 5.74) is 1.41. The molecule has 0 aliphatic heterocycles. The van der Waals surface area contributed by atoms with Gasteiger partial charge in [-0.15, -0.1) is 0 Å². The molecule has 0 N–H and O–H groups in total. The second-order valence-electron chi connectivity index (χ2n) is 5.13. The molecule has 1 atom stereocenters. The van der Waals surface area contributed by atoms with Crippen molar-refractivity contribution < 1.29 is 14.3 Å². The number of benzene rings is 1. The number of halogens is 2. The van der Waals surface area contributed by atoms with Crippen LogP contribution in [-0.2, 0) is 16.6 Å². The topological polar surface area (TPSA) is 48.3 Å². The number of carbonyl (C=O) groups excluding carboxylic acids is 2. The van der Waals surface area contributed by atoms with E-state index in [1.165, 1.54) is 0 Å². The minimum absolute atomic E-state index is 0.209. The van der Waals surface area contributed by atoms with Gasteiger partial charge in [-0.05, 0) is 32.0 Å². The van der Waals surface area contributed by atoms with Crippen molar-refractivity contribution in [1.29, 1.82) is 0 Å². The lowest BCUT2D eigenvalue weighted by atomic mass is 10.1. The van der Waals surface area contributed by atoms with Gasteiger partial charge in [0.25, 0.3) is 0 Å². The van der Waals surface area contributed by atoms with Gasteiger partial charge in [-0.1, -0.05) is 35.3 Å². The van der Waals surface area contributed by atoms with Gasteiger partial charge >= 0.3 is 5.97 Å². The molecule has 0 radical (unpaired) electrons. The molecule has 0 bridgehead atoms. The molecule has 0 fully saturated rings. The molecular weight excluding hydrogens is 337 g/mol. The molecule has 1 unspecified atom stereocenters. The molecule has 122 valence electrons. The van der Waals surface area contributed by atoms with Crippen molar-refractivity contribution in [1.82, 2.24) is 4.57 Å². The van der Waals surface area contributed by atoms with Crippen LogP contribution in [0, 0.1) is 0 Å². The maximum absolute atomic E-state index is 12.6. The van der Waals surface area contributed by atoms with E-state index in [0.717, 1.165) is 0 Å². The van der Waals surface area contributed by atoms with E-state index in [0.29, 0.717) is 33.6 Å². The Hall–Kier alpha value is -1.78. The number of rotatable bonds is 5. The second-order valence-corrected chi connectivity index (χ2v) is 5.98. The number of hydrogen-bond donors (Lipinski definition) is 0. The molecule has 0 aliphatic rings. The third-order valence-corrected chi connectivity index (χ3v) is 4.14. The molecule has 1 aromatic heterocycles. The highest BCUT2D eigenvalue weighted by molar-refractivity contribution is 6.32. The fourth-order valence-electron chi connectivity index (χ4n) is 2.45. The number of hydrogen-bond acceptors (Lipinski definition) is 3. The molecule has 4 nitrogen and oxygen atoms in total. The molecular formula is C17H17Cl2NO3.